The Balaban J connectivity index is 1.03. The summed E-state index contributed by atoms with van der Waals surface area (Å²) in [7, 11) is 0. The molecule has 0 bridgehead atoms. The maximum atomic E-state index is 12.1. The Hall–Kier alpha value is -3.94. The van der Waals surface area contributed by atoms with Crippen LogP contribution in [0, 0.1) is 0 Å². The van der Waals surface area contributed by atoms with E-state index in [1.807, 2.05) is 24.4 Å². The zero-order valence-electron chi connectivity index (χ0n) is 18.3. The number of urea groups is 1. The molecule has 8 nitrogen and oxygen atoms in total. The first-order chi connectivity index (χ1) is 16.2. The average molecular weight is 447 g/mol. The van der Waals surface area contributed by atoms with E-state index in [9.17, 15) is 4.79 Å². The minimum atomic E-state index is -0.249. The molecule has 5 rings (SSSR count). The van der Waals surface area contributed by atoms with E-state index in [0.29, 0.717) is 36.9 Å². The monoisotopic (exact) mass is 446 g/mol. The van der Waals surface area contributed by atoms with E-state index in [4.69, 9.17) is 14.2 Å². The van der Waals surface area contributed by atoms with Crippen LogP contribution in [-0.4, -0.2) is 37.5 Å². The standard InChI is InChI=1S/C25H26N4O4/c30-25(26-10-12-31-21-6-7-22-23(13-21)33-17-32-22)28-15-18-5-8-24(27-14-18)29-11-9-19-3-1-2-4-20(19)16-29/h1-8,13-14H,9-12,15-17H2,(H2,26,28,30). The van der Waals surface area contributed by atoms with Crippen LogP contribution in [0.25, 0.3) is 0 Å². The highest BCUT2D eigenvalue weighted by atomic mass is 16.7. The second-order valence-corrected chi connectivity index (χ2v) is 7.94. The number of nitrogens with zero attached hydrogens (tertiary/aromatic N) is 2. The first kappa shape index (κ1) is 20.9. The first-order valence-corrected chi connectivity index (χ1v) is 11.1. The van der Waals surface area contributed by atoms with Crippen molar-refractivity contribution in [3.8, 4) is 17.2 Å². The number of ether oxygens (including phenoxy) is 3. The summed E-state index contributed by atoms with van der Waals surface area (Å²) >= 11 is 0. The van der Waals surface area contributed by atoms with Gasteiger partial charge in [-0.1, -0.05) is 30.3 Å². The van der Waals surface area contributed by atoms with Crippen molar-refractivity contribution in [2.45, 2.75) is 19.5 Å². The van der Waals surface area contributed by atoms with E-state index in [1.54, 1.807) is 12.1 Å². The van der Waals surface area contributed by atoms with E-state index in [0.717, 1.165) is 30.9 Å². The highest BCUT2D eigenvalue weighted by Gasteiger charge is 2.17. The summed E-state index contributed by atoms with van der Waals surface area (Å²) in [5, 5.41) is 5.64. The van der Waals surface area contributed by atoms with Crippen molar-refractivity contribution in [2.24, 2.45) is 0 Å². The molecule has 2 N–H and O–H groups in total. The zero-order chi connectivity index (χ0) is 22.5. The number of amides is 2. The summed E-state index contributed by atoms with van der Waals surface area (Å²) in [5.41, 5.74) is 3.72. The molecule has 0 saturated carbocycles. The molecule has 2 amide bonds. The van der Waals surface area contributed by atoms with Gasteiger partial charge in [-0.2, -0.15) is 0 Å². The number of hydrogen-bond donors (Lipinski definition) is 2. The molecule has 2 aromatic carbocycles. The van der Waals surface area contributed by atoms with Gasteiger partial charge >= 0.3 is 6.03 Å². The molecule has 0 fully saturated rings. The quantitative estimate of drug-likeness (QED) is 0.542. The minimum absolute atomic E-state index is 0.228. The van der Waals surface area contributed by atoms with Gasteiger partial charge in [0, 0.05) is 31.9 Å². The summed E-state index contributed by atoms with van der Waals surface area (Å²) in [6, 6.07) is 17.7. The van der Waals surface area contributed by atoms with Gasteiger partial charge in [0.15, 0.2) is 11.5 Å². The van der Waals surface area contributed by atoms with E-state index in [1.165, 1.54) is 11.1 Å². The minimum Gasteiger partial charge on any atom is -0.492 e. The van der Waals surface area contributed by atoms with Gasteiger partial charge in [-0.3, -0.25) is 0 Å². The Labute approximate surface area is 192 Å². The summed E-state index contributed by atoms with van der Waals surface area (Å²) in [5.74, 6) is 3.01. The molecule has 0 atom stereocenters. The first-order valence-electron chi connectivity index (χ1n) is 11.1. The Morgan fingerprint density at radius 3 is 2.79 bits per heavy atom. The van der Waals surface area contributed by atoms with Crippen molar-refractivity contribution in [3.63, 3.8) is 0 Å². The van der Waals surface area contributed by atoms with Gasteiger partial charge in [-0.25, -0.2) is 9.78 Å². The molecule has 33 heavy (non-hydrogen) atoms. The maximum Gasteiger partial charge on any atom is 0.315 e. The number of anilines is 1. The van der Waals surface area contributed by atoms with Crippen molar-refractivity contribution in [1.82, 2.24) is 15.6 Å². The average Bonchev–Trinajstić information content (AvgIpc) is 3.33. The predicted molar refractivity (Wildman–Crippen MR) is 124 cm³/mol. The Kier molecular flexibility index (Phi) is 6.14. The molecule has 0 saturated heterocycles. The van der Waals surface area contributed by atoms with Crippen LogP contribution in [0.2, 0.25) is 0 Å². The zero-order valence-corrected chi connectivity index (χ0v) is 18.3. The molecule has 0 spiro atoms. The molecule has 8 heteroatoms. The predicted octanol–water partition coefficient (Wildman–Crippen LogP) is 3.25. The maximum absolute atomic E-state index is 12.1. The third-order valence-electron chi connectivity index (χ3n) is 5.72. The van der Waals surface area contributed by atoms with Gasteiger partial charge in [0.1, 0.15) is 18.2 Å². The van der Waals surface area contributed by atoms with Crippen molar-refractivity contribution >= 4 is 11.8 Å². The number of aromatic nitrogens is 1. The van der Waals surface area contributed by atoms with Gasteiger partial charge in [-0.05, 0) is 41.3 Å². The fourth-order valence-corrected chi connectivity index (χ4v) is 3.94. The second kappa shape index (κ2) is 9.68. The normalized spacial score (nSPS) is 13.9. The smallest absolute Gasteiger partial charge is 0.315 e. The molecule has 1 aromatic heterocycles. The van der Waals surface area contributed by atoms with Crippen molar-refractivity contribution in [2.75, 3.05) is 31.4 Å². The van der Waals surface area contributed by atoms with Gasteiger partial charge in [0.05, 0.1) is 6.54 Å². The van der Waals surface area contributed by atoms with Crippen LogP contribution in [-0.2, 0) is 19.5 Å². The Bertz CT molecular complexity index is 1120. The molecule has 2 aliphatic heterocycles. The number of hydrogen-bond acceptors (Lipinski definition) is 6. The van der Waals surface area contributed by atoms with Crippen molar-refractivity contribution in [1.29, 1.82) is 0 Å². The molecule has 0 aliphatic carbocycles. The van der Waals surface area contributed by atoms with Crippen LogP contribution in [0.4, 0.5) is 10.6 Å². The van der Waals surface area contributed by atoms with E-state index in [-0.39, 0.29) is 12.8 Å². The summed E-state index contributed by atoms with van der Waals surface area (Å²) in [6.45, 7) is 3.20. The largest absolute Gasteiger partial charge is 0.492 e. The van der Waals surface area contributed by atoms with E-state index >= 15 is 0 Å². The van der Waals surface area contributed by atoms with Crippen LogP contribution in [0.1, 0.15) is 16.7 Å². The lowest BCUT2D eigenvalue weighted by Gasteiger charge is -2.29. The van der Waals surface area contributed by atoms with Gasteiger partial charge < -0.3 is 29.7 Å². The van der Waals surface area contributed by atoms with Gasteiger partial charge in [0.25, 0.3) is 0 Å². The number of carbonyl (C=O) groups excluding carboxylic acids is 1. The van der Waals surface area contributed by atoms with Crippen molar-refractivity contribution < 1.29 is 19.0 Å². The highest BCUT2D eigenvalue weighted by molar-refractivity contribution is 5.73. The summed E-state index contributed by atoms with van der Waals surface area (Å²) < 4.78 is 16.2. The Morgan fingerprint density at radius 2 is 1.91 bits per heavy atom. The third-order valence-corrected chi connectivity index (χ3v) is 5.72. The van der Waals surface area contributed by atoms with Crippen LogP contribution >= 0.6 is 0 Å². The van der Waals surface area contributed by atoms with Crippen molar-refractivity contribution in [3.05, 3.63) is 77.5 Å². The number of pyridine rings is 1. The highest BCUT2D eigenvalue weighted by Crippen LogP contribution is 2.35. The number of fused-ring (bicyclic) bond motifs is 2. The van der Waals surface area contributed by atoms with Gasteiger partial charge in [0.2, 0.25) is 6.79 Å². The third kappa shape index (κ3) is 5.11. The molecular formula is C25H26N4O4. The Morgan fingerprint density at radius 1 is 1.03 bits per heavy atom. The molecule has 170 valence electrons. The fourth-order valence-electron chi connectivity index (χ4n) is 3.94. The van der Waals surface area contributed by atoms with Gasteiger partial charge in [-0.15, -0.1) is 0 Å². The molecule has 3 heterocycles. The molecular weight excluding hydrogens is 420 g/mol. The summed E-state index contributed by atoms with van der Waals surface area (Å²) in [6.07, 6.45) is 2.85. The number of benzene rings is 2. The van der Waals surface area contributed by atoms with Crippen LogP contribution < -0.4 is 29.7 Å². The molecule has 3 aromatic rings. The van der Waals surface area contributed by atoms with Crippen LogP contribution in [0.3, 0.4) is 0 Å². The van der Waals surface area contributed by atoms with Crippen LogP contribution in [0.15, 0.2) is 60.8 Å². The molecule has 0 unspecified atom stereocenters. The second-order valence-electron chi connectivity index (χ2n) is 7.94. The summed E-state index contributed by atoms with van der Waals surface area (Å²) in [4.78, 5) is 19.0. The SMILES string of the molecule is O=C(NCCOc1ccc2c(c1)OCO2)NCc1ccc(N2CCc3ccccc3C2)nc1. The van der Waals surface area contributed by atoms with E-state index in [2.05, 4.69) is 44.8 Å². The van der Waals surface area contributed by atoms with Crippen LogP contribution in [0.5, 0.6) is 17.2 Å². The lowest BCUT2D eigenvalue weighted by Crippen LogP contribution is -2.37. The molecule has 0 radical (unpaired) electrons. The number of nitrogens with one attached hydrogen (secondary N) is 2. The van der Waals surface area contributed by atoms with E-state index < -0.39 is 0 Å². The lowest BCUT2D eigenvalue weighted by molar-refractivity contribution is 0.173. The lowest BCUT2D eigenvalue weighted by atomic mass is 10.00. The molecule has 2 aliphatic rings. The fraction of sp³-hybridized carbons (Fsp3) is 0.280. The number of carbonyl (C=O) groups is 1. The topological polar surface area (TPSA) is 85.0 Å². The number of rotatable bonds is 7.